The van der Waals surface area contributed by atoms with Crippen LogP contribution in [0.15, 0.2) is 18.2 Å². The van der Waals surface area contributed by atoms with Crippen molar-refractivity contribution in [2.24, 2.45) is 0 Å². The van der Waals surface area contributed by atoms with Gasteiger partial charge < -0.3 is 10.6 Å². The van der Waals surface area contributed by atoms with E-state index >= 15 is 0 Å². The van der Waals surface area contributed by atoms with Gasteiger partial charge >= 0.3 is 0 Å². The molecule has 0 aliphatic carbocycles. The summed E-state index contributed by atoms with van der Waals surface area (Å²) in [6.45, 7) is 7.47. The summed E-state index contributed by atoms with van der Waals surface area (Å²) in [4.78, 5) is 0. The molecule has 1 rings (SSSR count). The quantitative estimate of drug-likeness (QED) is 0.425. The number of hydrogen-bond donors (Lipinski definition) is 2. The summed E-state index contributed by atoms with van der Waals surface area (Å²) in [7, 11) is 0. The van der Waals surface area contributed by atoms with Gasteiger partial charge in [-0.1, -0.05) is 57.9 Å². The van der Waals surface area contributed by atoms with E-state index in [1.54, 1.807) is 0 Å². The van der Waals surface area contributed by atoms with Crippen LogP contribution < -0.4 is 10.6 Å². The summed E-state index contributed by atoms with van der Waals surface area (Å²) >= 11 is 5.34. The number of benzene rings is 1. The van der Waals surface area contributed by atoms with Crippen LogP contribution in [0, 0.1) is 13.8 Å². The fourth-order valence-corrected chi connectivity index (χ4v) is 2.68. The van der Waals surface area contributed by atoms with Crippen molar-refractivity contribution in [1.29, 1.82) is 0 Å². The minimum Gasteiger partial charge on any atom is -0.362 e. The van der Waals surface area contributed by atoms with Crippen LogP contribution in [0.2, 0.25) is 0 Å². The van der Waals surface area contributed by atoms with E-state index in [1.165, 1.54) is 62.5 Å². The fourth-order valence-electron chi connectivity index (χ4n) is 2.46. The van der Waals surface area contributed by atoms with Crippen LogP contribution in [-0.4, -0.2) is 11.7 Å². The summed E-state index contributed by atoms with van der Waals surface area (Å²) in [5.74, 6) is 0. The maximum absolute atomic E-state index is 5.34. The van der Waals surface area contributed by atoms with E-state index in [-0.39, 0.29) is 0 Å². The van der Waals surface area contributed by atoms with Crippen LogP contribution >= 0.6 is 12.2 Å². The first-order chi connectivity index (χ1) is 10.6. The molecular formula is C19H32N2S. The zero-order valence-corrected chi connectivity index (χ0v) is 15.3. The Bertz CT molecular complexity index is 443. The molecule has 3 heteroatoms. The third kappa shape index (κ3) is 8.38. The lowest BCUT2D eigenvalue weighted by molar-refractivity contribution is 0.573. The molecule has 0 spiro atoms. The van der Waals surface area contributed by atoms with Gasteiger partial charge in [-0.25, -0.2) is 0 Å². The molecular weight excluding hydrogens is 288 g/mol. The topological polar surface area (TPSA) is 24.1 Å². The lowest BCUT2D eigenvalue weighted by Crippen LogP contribution is -2.29. The maximum Gasteiger partial charge on any atom is 0.170 e. The van der Waals surface area contributed by atoms with E-state index in [4.69, 9.17) is 12.2 Å². The molecule has 0 saturated heterocycles. The third-order valence-electron chi connectivity index (χ3n) is 4.08. The molecule has 0 amide bonds. The molecule has 0 fully saturated rings. The number of nitrogens with one attached hydrogen (secondary N) is 2. The molecule has 1 aromatic carbocycles. The zero-order chi connectivity index (χ0) is 16.2. The monoisotopic (exact) mass is 320 g/mol. The van der Waals surface area contributed by atoms with E-state index in [9.17, 15) is 0 Å². The highest BCUT2D eigenvalue weighted by Crippen LogP contribution is 2.14. The maximum atomic E-state index is 5.34. The Labute approximate surface area is 142 Å². The molecule has 124 valence electrons. The number of aryl methyl sites for hydroxylation is 2. The van der Waals surface area contributed by atoms with Gasteiger partial charge in [-0.15, -0.1) is 0 Å². The SMILES string of the molecule is CCCCCCCCCCNC(=S)Nc1ccc(C)c(C)c1. The Morgan fingerprint density at radius 3 is 2.18 bits per heavy atom. The van der Waals surface area contributed by atoms with Crippen LogP contribution in [0.4, 0.5) is 5.69 Å². The highest BCUT2D eigenvalue weighted by molar-refractivity contribution is 7.80. The van der Waals surface area contributed by atoms with Gasteiger partial charge in [-0.2, -0.15) is 0 Å². The molecule has 22 heavy (non-hydrogen) atoms. The van der Waals surface area contributed by atoms with Crippen molar-refractivity contribution in [2.45, 2.75) is 72.1 Å². The van der Waals surface area contributed by atoms with Crippen molar-refractivity contribution in [2.75, 3.05) is 11.9 Å². The summed E-state index contributed by atoms with van der Waals surface area (Å²) in [6, 6.07) is 6.34. The van der Waals surface area contributed by atoms with E-state index in [1.807, 2.05) is 0 Å². The minimum atomic E-state index is 0.728. The molecule has 0 aliphatic heterocycles. The highest BCUT2D eigenvalue weighted by atomic mass is 32.1. The molecule has 0 saturated carbocycles. The molecule has 1 aromatic rings. The number of thiocarbonyl (C=S) groups is 1. The predicted octanol–water partition coefficient (Wildman–Crippen LogP) is 5.73. The third-order valence-corrected chi connectivity index (χ3v) is 4.33. The molecule has 0 aromatic heterocycles. The van der Waals surface area contributed by atoms with Gasteiger partial charge in [-0.05, 0) is 55.7 Å². The van der Waals surface area contributed by atoms with Gasteiger partial charge in [0.1, 0.15) is 0 Å². The van der Waals surface area contributed by atoms with E-state index in [0.717, 1.165) is 17.3 Å². The molecule has 0 heterocycles. The van der Waals surface area contributed by atoms with Gasteiger partial charge in [0.05, 0.1) is 0 Å². The Hall–Kier alpha value is -1.09. The normalized spacial score (nSPS) is 10.5. The number of rotatable bonds is 10. The van der Waals surface area contributed by atoms with Crippen LogP contribution in [0.3, 0.4) is 0 Å². The van der Waals surface area contributed by atoms with Gasteiger partial charge in [0.15, 0.2) is 5.11 Å². The molecule has 0 atom stereocenters. The Morgan fingerprint density at radius 1 is 0.909 bits per heavy atom. The second-order valence-electron chi connectivity index (χ2n) is 6.15. The number of hydrogen-bond acceptors (Lipinski definition) is 1. The molecule has 2 N–H and O–H groups in total. The largest absolute Gasteiger partial charge is 0.362 e. The average molecular weight is 321 g/mol. The first kappa shape index (κ1) is 19.0. The van der Waals surface area contributed by atoms with E-state index in [0.29, 0.717) is 0 Å². The van der Waals surface area contributed by atoms with Crippen molar-refractivity contribution < 1.29 is 0 Å². The molecule has 0 bridgehead atoms. The molecule has 0 aliphatic rings. The first-order valence-electron chi connectivity index (χ1n) is 8.75. The smallest absolute Gasteiger partial charge is 0.170 e. The second-order valence-corrected chi connectivity index (χ2v) is 6.56. The Balaban J connectivity index is 2.05. The van der Waals surface area contributed by atoms with E-state index in [2.05, 4.69) is 49.6 Å². The summed E-state index contributed by atoms with van der Waals surface area (Å²) in [5.41, 5.74) is 3.66. The second kappa shape index (κ2) is 11.5. The Kier molecular flexibility index (Phi) is 9.89. The average Bonchev–Trinajstić information content (AvgIpc) is 2.49. The van der Waals surface area contributed by atoms with Crippen LogP contribution in [0.1, 0.15) is 69.4 Å². The molecule has 2 nitrogen and oxygen atoms in total. The molecule has 0 unspecified atom stereocenters. The van der Waals surface area contributed by atoms with Gasteiger partial charge in [0.25, 0.3) is 0 Å². The predicted molar refractivity (Wildman–Crippen MR) is 103 cm³/mol. The zero-order valence-electron chi connectivity index (χ0n) is 14.5. The summed E-state index contributed by atoms with van der Waals surface area (Å²) in [5, 5.41) is 7.28. The Morgan fingerprint density at radius 2 is 1.55 bits per heavy atom. The van der Waals surface area contributed by atoms with Gasteiger partial charge in [-0.3, -0.25) is 0 Å². The van der Waals surface area contributed by atoms with E-state index < -0.39 is 0 Å². The van der Waals surface area contributed by atoms with Crippen molar-refractivity contribution in [3.8, 4) is 0 Å². The van der Waals surface area contributed by atoms with Crippen molar-refractivity contribution >= 4 is 23.0 Å². The minimum absolute atomic E-state index is 0.728. The first-order valence-corrected chi connectivity index (χ1v) is 9.16. The van der Waals surface area contributed by atoms with Crippen molar-refractivity contribution in [3.05, 3.63) is 29.3 Å². The number of anilines is 1. The fraction of sp³-hybridized carbons (Fsp3) is 0.632. The van der Waals surface area contributed by atoms with Crippen molar-refractivity contribution in [1.82, 2.24) is 5.32 Å². The highest BCUT2D eigenvalue weighted by Gasteiger charge is 1.99. The van der Waals surface area contributed by atoms with Crippen LogP contribution in [0.5, 0.6) is 0 Å². The summed E-state index contributed by atoms with van der Waals surface area (Å²) in [6.07, 6.45) is 10.7. The number of unbranched alkanes of at least 4 members (excludes halogenated alkanes) is 7. The summed E-state index contributed by atoms with van der Waals surface area (Å²) < 4.78 is 0. The van der Waals surface area contributed by atoms with Gasteiger partial charge in [0.2, 0.25) is 0 Å². The van der Waals surface area contributed by atoms with Crippen molar-refractivity contribution in [3.63, 3.8) is 0 Å². The lowest BCUT2D eigenvalue weighted by Gasteiger charge is -2.11. The van der Waals surface area contributed by atoms with Gasteiger partial charge in [0, 0.05) is 12.2 Å². The molecule has 0 radical (unpaired) electrons. The standard InChI is InChI=1S/C19H32N2S/c1-4-5-6-7-8-9-10-11-14-20-19(22)21-18-13-12-16(2)17(3)15-18/h12-13,15H,4-11,14H2,1-3H3,(H2,20,21,22). The van der Waals surface area contributed by atoms with Crippen LogP contribution in [0.25, 0.3) is 0 Å². The lowest BCUT2D eigenvalue weighted by atomic mass is 10.1. The van der Waals surface area contributed by atoms with Crippen LogP contribution in [-0.2, 0) is 0 Å².